The average molecular weight is 272 g/mol. The van der Waals surface area contributed by atoms with Crippen LogP contribution in [0.25, 0.3) is 0 Å². The summed E-state index contributed by atoms with van der Waals surface area (Å²) >= 11 is 5.70. The zero-order valence-corrected chi connectivity index (χ0v) is 9.77. The Kier molecular flexibility index (Phi) is 3.94. The second-order valence-corrected chi connectivity index (χ2v) is 3.64. The summed E-state index contributed by atoms with van der Waals surface area (Å²) in [7, 11) is 0. The molecule has 3 nitrogen and oxygen atoms in total. The molecule has 0 aliphatic carbocycles. The second kappa shape index (κ2) is 5.64. The number of hydrogen-bond donors (Lipinski definition) is 0. The maximum Gasteiger partial charge on any atom is 0.387 e. The van der Waals surface area contributed by atoms with Gasteiger partial charge in [0.2, 0.25) is 5.88 Å². The first-order valence-electron chi connectivity index (χ1n) is 4.99. The van der Waals surface area contributed by atoms with Crippen molar-refractivity contribution >= 4 is 11.6 Å². The number of aromatic nitrogens is 1. The maximum atomic E-state index is 11.9. The molecule has 0 aliphatic rings. The molecule has 6 heteroatoms. The Morgan fingerprint density at radius 2 is 1.67 bits per heavy atom. The van der Waals surface area contributed by atoms with E-state index in [0.29, 0.717) is 16.8 Å². The highest BCUT2D eigenvalue weighted by Gasteiger charge is 2.04. The van der Waals surface area contributed by atoms with Gasteiger partial charge in [-0.2, -0.15) is 8.78 Å². The lowest BCUT2D eigenvalue weighted by Gasteiger charge is -2.07. The molecule has 0 saturated carbocycles. The van der Waals surface area contributed by atoms with Crippen LogP contribution in [0.2, 0.25) is 5.15 Å². The number of alkyl halides is 2. The molecule has 94 valence electrons. The van der Waals surface area contributed by atoms with E-state index >= 15 is 0 Å². The minimum Gasteiger partial charge on any atom is -0.439 e. The van der Waals surface area contributed by atoms with Crippen LogP contribution in [-0.4, -0.2) is 11.6 Å². The predicted molar refractivity (Wildman–Crippen MR) is 62.4 cm³/mol. The van der Waals surface area contributed by atoms with E-state index in [0.717, 1.165) is 0 Å². The third-order valence-electron chi connectivity index (χ3n) is 1.96. The van der Waals surface area contributed by atoms with E-state index < -0.39 is 6.61 Å². The molecule has 1 heterocycles. The monoisotopic (exact) mass is 271 g/mol. The van der Waals surface area contributed by atoms with Crippen LogP contribution in [-0.2, 0) is 0 Å². The SMILES string of the molecule is FC(F)Oc1ccc(Oc2cccc(Cl)n2)cc1. The van der Waals surface area contributed by atoms with Gasteiger partial charge in [0.25, 0.3) is 0 Å². The Bertz CT molecular complexity index is 520. The van der Waals surface area contributed by atoms with Crippen LogP contribution in [0.1, 0.15) is 0 Å². The van der Waals surface area contributed by atoms with E-state index in [1.54, 1.807) is 18.2 Å². The van der Waals surface area contributed by atoms with Crippen LogP contribution < -0.4 is 9.47 Å². The lowest BCUT2D eigenvalue weighted by atomic mass is 10.3. The number of rotatable bonds is 4. The van der Waals surface area contributed by atoms with Crippen LogP contribution in [0.5, 0.6) is 17.4 Å². The summed E-state index contributed by atoms with van der Waals surface area (Å²) in [5, 5.41) is 0.310. The van der Waals surface area contributed by atoms with E-state index in [1.165, 1.54) is 24.3 Å². The molecule has 0 N–H and O–H groups in total. The normalized spacial score (nSPS) is 10.4. The predicted octanol–water partition coefficient (Wildman–Crippen LogP) is 4.13. The van der Waals surface area contributed by atoms with Gasteiger partial charge in [0.1, 0.15) is 16.7 Å². The minimum atomic E-state index is -2.84. The van der Waals surface area contributed by atoms with Gasteiger partial charge in [-0.1, -0.05) is 17.7 Å². The second-order valence-electron chi connectivity index (χ2n) is 3.25. The molecule has 18 heavy (non-hydrogen) atoms. The molecule has 1 aromatic heterocycles. The van der Waals surface area contributed by atoms with Gasteiger partial charge in [-0.05, 0) is 30.3 Å². The lowest BCUT2D eigenvalue weighted by molar-refractivity contribution is -0.0498. The number of ether oxygens (including phenoxy) is 2. The summed E-state index contributed by atoms with van der Waals surface area (Å²) in [5.41, 5.74) is 0. The van der Waals surface area contributed by atoms with Crippen molar-refractivity contribution in [3.05, 3.63) is 47.6 Å². The lowest BCUT2D eigenvalue weighted by Crippen LogP contribution is -2.01. The Morgan fingerprint density at radius 1 is 1.00 bits per heavy atom. The largest absolute Gasteiger partial charge is 0.439 e. The van der Waals surface area contributed by atoms with Crippen LogP contribution in [0.15, 0.2) is 42.5 Å². The Morgan fingerprint density at radius 3 is 2.28 bits per heavy atom. The molecular weight excluding hydrogens is 264 g/mol. The quantitative estimate of drug-likeness (QED) is 0.784. The fraction of sp³-hybridized carbons (Fsp3) is 0.0833. The zero-order valence-electron chi connectivity index (χ0n) is 9.02. The smallest absolute Gasteiger partial charge is 0.387 e. The van der Waals surface area contributed by atoms with Crippen molar-refractivity contribution in [2.45, 2.75) is 6.61 Å². The topological polar surface area (TPSA) is 31.4 Å². The van der Waals surface area contributed by atoms with E-state index in [2.05, 4.69) is 9.72 Å². The Hall–Kier alpha value is -1.88. The third kappa shape index (κ3) is 3.56. The number of hydrogen-bond acceptors (Lipinski definition) is 3. The average Bonchev–Trinajstić information content (AvgIpc) is 2.31. The standard InChI is InChI=1S/C12H8ClF2NO2/c13-10-2-1-3-11(16-10)17-8-4-6-9(7-5-8)18-12(14)15/h1-7,12H. The van der Waals surface area contributed by atoms with E-state index in [4.69, 9.17) is 16.3 Å². The third-order valence-corrected chi connectivity index (χ3v) is 2.17. The fourth-order valence-corrected chi connectivity index (χ4v) is 1.41. The fourth-order valence-electron chi connectivity index (χ4n) is 1.26. The summed E-state index contributed by atoms with van der Waals surface area (Å²) in [5.74, 6) is 0.841. The Labute approximate surface area is 107 Å². The van der Waals surface area contributed by atoms with Gasteiger partial charge < -0.3 is 9.47 Å². The van der Waals surface area contributed by atoms with Gasteiger partial charge in [0.05, 0.1) is 0 Å². The van der Waals surface area contributed by atoms with Crippen molar-refractivity contribution in [1.82, 2.24) is 4.98 Å². The molecule has 0 fully saturated rings. The molecule has 0 spiro atoms. The van der Waals surface area contributed by atoms with Crippen molar-refractivity contribution in [2.24, 2.45) is 0 Å². The first kappa shape index (κ1) is 12.6. The summed E-state index contributed by atoms with van der Waals surface area (Å²) in [4.78, 5) is 3.93. The number of benzene rings is 1. The van der Waals surface area contributed by atoms with Crippen LogP contribution in [0.3, 0.4) is 0 Å². The molecule has 2 rings (SSSR count). The Balaban J connectivity index is 2.06. The van der Waals surface area contributed by atoms with Crippen molar-refractivity contribution in [2.75, 3.05) is 0 Å². The molecule has 0 amide bonds. The summed E-state index contributed by atoms with van der Waals surface area (Å²) < 4.78 is 33.5. The van der Waals surface area contributed by atoms with Crippen LogP contribution in [0.4, 0.5) is 8.78 Å². The van der Waals surface area contributed by atoms with Crippen molar-refractivity contribution in [1.29, 1.82) is 0 Å². The number of pyridine rings is 1. The molecule has 0 radical (unpaired) electrons. The summed E-state index contributed by atoms with van der Waals surface area (Å²) in [6.45, 7) is -2.84. The molecule has 0 saturated heterocycles. The highest BCUT2D eigenvalue weighted by molar-refractivity contribution is 6.29. The van der Waals surface area contributed by atoms with Crippen molar-refractivity contribution in [3.8, 4) is 17.4 Å². The van der Waals surface area contributed by atoms with Crippen LogP contribution >= 0.6 is 11.6 Å². The van der Waals surface area contributed by atoms with Gasteiger partial charge in [0.15, 0.2) is 0 Å². The maximum absolute atomic E-state index is 11.9. The molecule has 2 aromatic rings. The van der Waals surface area contributed by atoms with Gasteiger partial charge in [0, 0.05) is 6.07 Å². The molecule has 0 aliphatic heterocycles. The minimum absolute atomic E-state index is 0.0661. The summed E-state index contributed by atoms with van der Waals surface area (Å²) in [6, 6.07) is 10.7. The first-order chi connectivity index (χ1) is 8.63. The number of halogens is 3. The molecule has 0 atom stereocenters. The number of nitrogens with zero attached hydrogens (tertiary/aromatic N) is 1. The van der Waals surface area contributed by atoms with Crippen molar-refractivity contribution < 1.29 is 18.3 Å². The van der Waals surface area contributed by atoms with E-state index in [-0.39, 0.29) is 5.75 Å². The van der Waals surface area contributed by atoms with Gasteiger partial charge >= 0.3 is 6.61 Å². The molecule has 0 unspecified atom stereocenters. The first-order valence-corrected chi connectivity index (χ1v) is 5.36. The van der Waals surface area contributed by atoms with Gasteiger partial charge in [-0.3, -0.25) is 0 Å². The van der Waals surface area contributed by atoms with E-state index in [1.807, 2.05) is 0 Å². The molecule has 0 bridgehead atoms. The highest BCUT2D eigenvalue weighted by atomic mass is 35.5. The van der Waals surface area contributed by atoms with Gasteiger partial charge in [-0.25, -0.2) is 4.98 Å². The highest BCUT2D eigenvalue weighted by Crippen LogP contribution is 2.24. The van der Waals surface area contributed by atoms with E-state index in [9.17, 15) is 8.78 Å². The van der Waals surface area contributed by atoms with Crippen molar-refractivity contribution in [3.63, 3.8) is 0 Å². The zero-order chi connectivity index (χ0) is 13.0. The van der Waals surface area contributed by atoms with Gasteiger partial charge in [-0.15, -0.1) is 0 Å². The summed E-state index contributed by atoms with van der Waals surface area (Å²) in [6.07, 6.45) is 0. The molecule has 1 aromatic carbocycles. The molecular formula is C12H8ClF2NO2. The van der Waals surface area contributed by atoms with Crippen LogP contribution in [0, 0.1) is 0 Å².